The Morgan fingerprint density at radius 1 is 1.04 bits per heavy atom. The lowest BCUT2D eigenvalue weighted by atomic mass is 10.1. The molecule has 0 spiro atoms. The summed E-state index contributed by atoms with van der Waals surface area (Å²) in [6.45, 7) is 4.16. The number of halogens is 1. The highest BCUT2D eigenvalue weighted by Crippen LogP contribution is 2.25. The Labute approximate surface area is 164 Å². The molecule has 2 aromatic rings. The van der Waals surface area contributed by atoms with Gasteiger partial charge in [-0.1, -0.05) is 11.6 Å². The van der Waals surface area contributed by atoms with E-state index in [1.54, 1.807) is 19.1 Å². The normalized spacial score (nSPS) is 13.9. The highest BCUT2D eigenvalue weighted by Gasteiger charge is 2.14. The molecule has 1 amide bonds. The lowest BCUT2D eigenvalue weighted by Crippen LogP contribution is -2.29. The molecule has 5 nitrogen and oxygen atoms in total. The molecular weight excluding hydrogens is 364 g/mol. The number of hydrogen-bond acceptors (Lipinski definition) is 4. The maximum atomic E-state index is 12.5. The van der Waals surface area contributed by atoms with Crippen molar-refractivity contribution in [3.05, 3.63) is 58.6 Å². The zero-order chi connectivity index (χ0) is 19.2. The van der Waals surface area contributed by atoms with Crippen LogP contribution >= 0.6 is 11.6 Å². The number of ether oxygens (including phenoxy) is 1. The van der Waals surface area contributed by atoms with Gasteiger partial charge in [0.05, 0.1) is 22.9 Å². The van der Waals surface area contributed by atoms with Gasteiger partial charge in [0.2, 0.25) is 0 Å². The van der Waals surface area contributed by atoms with Crippen molar-refractivity contribution < 1.29 is 14.3 Å². The summed E-state index contributed by atoms with van der Waals surface area (Å²) in [7, 11) is 0. The van der Waals surface area contributed by atoms with E-state index >= 15 is 0 Å². The van der Waals surface area contributed by atoms with Crippen LogP contribution in [0.1, 0.15) is 46.9 Å². The number of piperidine rings is 1. The van der Waals surface area contributed by atoms with Gasteiger partial charge in [0.15, 0.2) is 0 Å². The summed E-state index contributed by atoms with van der Waals surface area (Å²) in [5.41, 5.74) is 2.50. The molecular formula is C21H23ClN2O3. The summed E-state index contributed by atoms with van der Waals surface area (Å²) >= 11 is 6.20. The topological polar surface area (TPSA) is 58.6 Å². The molecule has 3 rings (SSSR count). The number of benzene rings is 2. The summed E-state index contributed by atoms with van der Waals surface area (Å²) in [5.74, 6) is -0.684. The lowest BCUT2D eigenvalue weighted by molar-refractivity contribution is 0.0526. The number of nitrogens with zero attached hydrogens (tertiary/aromatic N) is 1. The van der Waals surface area contributed by atoms with E-state index in [1.165, 1.54) is 25.3 Å². The first kappa shape index (κ1) is 19.2. The summed E-state index contributed by atoms with van der Waals surface area (Å²) in [4.78, 5) is 26.6. The third-order valence-electron chi connectivity index (χ3n) is 4.58. The van der Waals surface area contributed by atoms with Crippen LogP contribution in [0.15, 0.2) is 42.5 Å². The van der Waals surface area contributed by atoms with Crippen LogP contribution in [0.25, 0.3) is 0 Å². The fourth-order valence-corrected chi connectivity index (χ4v) is 3.36. The van der Waals surface area contributed by atoms with Crippen LogP contribution in [0.3, 0.4) is 0 Å². The summed E-state index contributed by atoms with van der Waals surface area (Å²) < 4.78 is 4.95. The first-order chi connectivity index (χ1) is 13.1. The monoisotopic (exact) mass is 386 g/mol. The Balaban J connectivity index is 1.67. The van der Waals surface area contributed by atoms with Gasteiger partial charge < -0.3 is 15.0 Å². The third kappa shape index (κ3) is 4.80. The molecule has 0 unspecified atom stereocenters. The van der Waals surface area contributed by atoms with Gasteiger partial charge in [0.25, 0.3) is 5.91 Å². The largest absolute Gasteiger partial charge is 0.462 e. The van der Waals surface area contributed by atoms with E-state index in [0.29, 0.717) is 28.4 Å². The standard InChI is InChI=1S/C21H23ClN2O3/c1-2-27-21(26)16-8-11-19(18(22)14-16)23-20(25)15-6-9-17(10-7-15)24-12-4-3-5-13-24/h6-11,14H,2-5,12-13H2,1H3,(H,23,25). The van der Waals surface area contributed by atoms with Crippen molar-refractivity contribution in [1.29, 1.82) is 0 Å². The molecule has 1 saturated heterocycles. The number of carbonyl (C=O) groups excluding carboxylic acids is 2. The second kappa shape index (κ2) is 8.91. The number of hydrogen-bond donors (Lipinski definition) is 1. The van der Waals surface area contributed by atoms with Crippen molar-refractivity contribution in [2.45, 2.75) is 26.2 Å². The van der Waals surface area contributed by atoms with Crippen molar-refractivity contribution in [2.75, 3.05) is 29.9 Å². The van der Waals surface area contributed by atoms with Gasteiger partial charge in [-0.05, 0) is 68.7 Å². The number of esters is 1. The molecule has 6 heteroatoms. The van der Waals surface area contributed by atoms with Gasteiger partial charge in [0, 0.05) is 24.3 Å². The van der Waals surface area contributed by atoms with Crippen molar-refractivity contribution in [3.8, 4) is 0 Å². The van der Waals surface area contributed by atoms with Gasteiger partial charge in [0.1, 0.15) is 0 Å². The van der Waals surface area contributed by atoms with E-state index in [2.05, 4.69) is 10.2 Å². The second-order valence-electron chi connectivity index (χ2n) is 6.46. The van der Waals surface area contributed by atoms with Gasteiger partial charge >= 0.3 is 5.97 Å². The molecule has 0 atom stereocenters. The molecule has 142 valence electrons. The Bertz CT molecular complexity index is 815. The summed E-state index contributed by atoms with van der Waals surface area (Å²) in [5, 5.41) is 3.08. The fourth-order valence-electron chi connectivity index (χ4n) is 3.13. The van der Waals surface area contributed by atoms with Crippen molar-refractivity contribution >= 4 is 34.9 Å². The maximum Gasteiger partial charge on any atom is 0.338 e. The number of anilines is 2. The van der Waals surface area contributed by atoms with Crippen LogP contribution in [-0.2, 0) is 4.74 Å². The Morgan fingerprint density at radius 3 is 2.33 bits per heavy atom. The first-order valence-corrected chi connectivity index (χ1v) is 9.59. The highest BCUT2D eigenvalue weighted by molar-refractivity contribution is 6.34. The minimum absolute atomic E-state index is 0.244. The SMILES string of the molecule is CCOC(=O)c1ccc(NC(=O)c2ccc(N3CCCCC3)cc2)c(Cl)c1. The second-order valence-corrected chi connectivity index (χ2v) is 6.87. The third-order valence-corrected chi connectivity index (χ3v) is 4.89. The molecule has 0 aromatic heterocycles. The van der Waals surface area contributed by atoms with Crippen molar-refractivity contribution in [1.82, 2.24) is 0 Å². The molecule has 0 bridgehead atoms. The lowest BCUT2D eigenvalue weighted by Gasteiger charge is -2.28. The molecule has 27 heavy (non-hydrogen) atoms. The van der Waals surface area contributed by atoms with E-state index in [1.807, 2.05) is 24.3 Å². The van der Waals surface area contributed by atoms with Crippen LogP contribution in [0.5, 0.6) is 0 Å². The van der Waals surface area contributed by atoms with Crippen LogP contribution < -0.4 is 10.2 Å². The molecule has 0 radical (unpaired) electrons. The molecule has 1 aliphatic rings. The maximum absolute atomic E-state index is 12.5. The van der Waals surface area contributed by atoms with E-state index in [-0.39, 0.29) is 5.91 Å². The molecule has 1 heterocycles. The first-order valence-electron chi connectivity index (χ1n) is 9.21. The van der Waals surface area contributed by atoms with E-state index in [4.69, 9.17) is 16.3 Å². The van der Waals surface area contributed by atoms with Crippen molar-refractivity contribution in [3.63, 3.8) is 0 Å². The van der Waals surface area contributed by atoms with E-state index in [9.17, 15) is 9.59 Å². The highest BCUT2D eigenvalue weighted by atomic mass is 35.5. The van der Waals surface area contributed by atoms with E-state index in [0.717, 1.165) is 18.8 Å². The Kier molecular flexibility index (Phi) is 6.35. The van der Waals surface area contributed by atoms with Gasteiger partial charge in [-0.2, -0.15) is 0 Å². The number of rotatable bonds is 5. The minimum atomic E-state index is -0.439. The quantitative estimate of drug-likeness (QED) is 0.752. The van der Waals surface area contributed by atoms with Crippen molar-refractivity contribution in [2.24, 2.45) is 0 Å². The molecule has 0 saturated carbocycles. The molecule has 2 aromatic carbocycles. The van der Waals surface area contributed by atoms with Crippen LogP contribution in [0.4, 0.5) is 11.4 Å². The predicted octanol–water partition coefficient (Wildman–Crippen LogP) is 4.76. The number of carbonyl (C=O) groups is 2. The van der Waals surface area contributed by atoms with Gasteiger partial charge in [-0.15, -0.1) is 0 Å². The zero-order valence-electron chi connectivity index (χ0n) is 15.3. The molecule has 0 aliphatic carbocycles. The summed E-state index contributed by atoms with van der Waals surface area (Å²) in [6.07, 6.45) is 3.71. The van der Waals surface area contributed by atoms with E-state index < -0.39 is 5.97 Å². The smallest absolute Gasteiger partial charge is 0.338 e. The van der Waals surface area contributed by atoms with Gasteiger partial charge in [-0.3, -0.25) is 4.79 Å². The molecule has 1 fully saturated rings. The molecule has 1 aliphatic heterocycles. The minimum Gasteiger partial charge on any atom is -0.462 e. The molecule has 1 N–H and O–H groups in total. The Hall–Kier alpha value is -2.53. The van der Waals surface area contributed by atoms with Crippen LogP contribution in [0, 0.1) is 0 Å². The van der Waals surface area contributed by atoms with Crippen LogP contribution in [0.2, 0.25) is 5.02 Å². The average Bonchev–Trinajstić information content (AvgIpc) is 2.70. The van der Waals surface area contributed by atoms with Crippen LogP contribution in [-0.4, -0.2) is 31.6 Å². The van der Waals surface area contributed by atoms with Gasteiger partial charge in [-0.25, -0.2) is 4.79 Å². The predicted molar refractivity (Wildman–Crippen MR) is 108 cm³/mol. The average molecular weight is 387 g/mol. The summed E-state index contributed by atoms with van der Waals surface area (Å²) in [6, 6.07) is 12.3. The number of nitrogens with one attached hydrogen (secondary N) is 1. The Morgan fingerprint density at radius 2 is 1.70 bits per heavy atom. The zero-order valence-corrected chi connectivity index (χ0v) is 16.1. The fraction of sp³-hybridized carbons (Fsp3) is 0.333. The number of amides is 1.